The summed E-state index contributed by atoms with van der Waals surface area (Å²) in [5, 5.41) is 4.15. The minimum atomic E-state index is 0.213. The molecule has 17 heavy (non-hydrogen) atoms. The van der Waals surface area contributed by atoms with Crippen LogP contribution in [-0.4, -0.2) is 20.2 Å². The van der Waals surface area contributed by atoms with Crippen molar-refractivity contribution in [3.05, 3.63) is 41.4 Å². The lowest BCUT2D eigenvalue weighted by Gasteiger charge is -2.16. The predicted molar refractivity (Wildman–Crippen MR) is 69.8 cm³/mol. The van der Waals surface area contributed by atoms with Crippen LogP contribution in [0.3, 0.4) is 0 Å². The summed E-state index contributed by atoms with van der Waals surface area (Å²) in [4.78, 5) is 0. The molecule has 2 fully saturated rings. The maximum atomic E-state index is 6.21. The van der Waals surface area contributed by atoms with Crippen molar-refractivity contribution < 1.29 is 4.74 Å². The normalized spacial score (nSPS) is 34.2. The molecule has 0 spiro atoms. The van der Waals surface area contributed by atoms with Crippen molar-refractivity contribution >= 4 is 11.6 Å². The van der Waals surface area contributed by atoms with Crippen molar-refractivity contribution in [2.24, 2.45) is 5.41 Å². The minimum Gasteiger partial charge on any atom is -0.495 e. The van der Waals surface area contributed by atoms with Gasteiger partial charge in [-0.25, -0.2) is 0 Å². The van der Waals surface area contributed by atoms with Crippen LogP contribution in [0.5, 0.6) is 5.75 Å². The van der Waals surface area contributed by atoms with Crippen molar-refractivity contribution in [3.8, 4) is 5.75 Å². The van der Waals surface area contributed by atoms with Gasteiger partial charge in [0.25, 0.3) is 0 Å². The quantitative estimate of drug-likeness (QED) is 0.832. The lowest BCUT2D eigenvalue weighted by molar-refractivity contribution is 0.414. The second-order valence-electron chi connectivity index (χ2n) is 5.07. The number of benzene rings is 1. The first-order valence-corrected chi connectivity index (χ1v) is 6.24. The molecule has 1 saturated carbocycles. The molecule has 0 bridgehead atoms. The van der Waals surface area contributed by atoms with Gasteiger partial charge in [-0.2, -0.15) is 0 Å². The summed E-state index contributed by atoms with van der Waals surface area (Å²) in [6, 6.07) is 6.12. The summed E-state index contributed by atoms with van der Waals surface area (Å²) in [6.07, 6.45) is 3.28. The Labute approximate surface area is 107 Å². The van der Waals surface area contributed by atoms with Gasteiger partial charge in [0, 0.05) is 23.9 Å². The van der Waals surface area contributed by atoms with Crippen molar-refractivity contribution in [1.29, 1.82) is 0 Å². The Morgan fingerprint density at radius 1 is 1.47 bits per heavy atom. The molecule has 1 N–H and O–H groups in total. The van der Waals surface area contributed by atoms with Crippen molar-refractivity contribution in [1.82, 2.24) is 5.32 Å². The van der Waals surface area contributed by atoms with E-state index < -0.39 is 0 Å². The van der Waals surface area contributed by atoms with Crippen molar-refractivity contribution in [3.63, 3.8) is 0 Å². The van der Waals surface area contributed by atoms with Crippen LogP contribution in [0.4, 0.5) is 0 Å². The highest BCUT2D eigenvalue weighted by Crippen LogP contribution is 2.67. The summed E-state index contributed by atoms with van der Waals surface area (Å²) in [6.45, 7) is 6.03. The second-order valence-corrected chi connectivity index (χ2v) is 5.48. The molecule has 1 heterocycles. The zero-order chi connectivity index (χ0) is 12.1. The predicted octanol–water partition coefficient (Wildman–Crippen LogP) is 2.77. The van der Waals surface area contributed by atoms with Gasteiger partial charge in [-0.15, -0.1) is 6.58 Å². The van der Waals surface area contributed by atoms with Crippen LogP contribution < -0.4 is 10.1 Å². The first kappa shape index (κ1) is 11.1. The van der Waals surface area contributed by atoms with E-state index in [1.54, 1.807) is 7.11 Å². The van der Waals surface area contributed by atoms with Gasteiger partial charge in [0.15, 0.2) is 0 Å². The second kappa shape index (κ2) is 3.50. The average molecular weight is 250 g/mol. The number of methoxy groups -OCH3 is 1. The van der Waals surface area contributed by atoms with E-state index in [0.717, 1.165) is 18.8 Å². The third-order valence-electron chi connectivity index (χ3n) is 4.41. The van der Waals surface area contributed by atoms with Gasteiger partial charge >= 0.3 is 0 Å². The molecule has 0 radical (unpaired) electrons. The van der Waals surface area contributed by atoms with Crippen LogP contribution in [0.15, 0.2) is 30.9 Å². The van der Waals surface area contributed by atoms with Crippen LogP contribution in [-0.2, 0) is 5.41 Å². The molecule has 2 nitrogen and oxygen atoms in total. The van der Waals surface area contributed by atoms with E-state index >= 15 is 0 Å². The van der Waals surface area contributed by atoms with E-state index in [9.17, 15) is 0 Å². The summed E-state index contributed by atoms with van der Waals surface area (Å²) in [7, 11) is 1.64. The van der Waals surface area contributed by atoms with Gasteiger partial charge in [-0.1, -0.05) is 23.7 Å². The van der Waals surface area contributed by atoms with Gasteiger partial charge in [-0.3, -0.25) is 0 Å². The average Bonchev–Trinajstić information content (AvgIpc) is 2.87. The molecule has 0 amide bonds. The van der Waals surface area contributed by atoms with Gasteiger partial charge in [0.1, 0.15) is 5.75 Å². The molecule has 2 aliphatic rings. The molecule has 2 atom stereocenters. The Morgan fingerprint density at radius 3 is 2.88 bits per heavy atom. The molecule has 1 aromatic carbocycles. The first-order chi connectivity index (χ1) is 8.17. The smallest absolute Gasteiger partial charge is 0.137 e. The van der Waals surface area contributed by atoms with Crippen LogP contribution in [0, 0.1) is 5.41 Å². The number of halogens is 1. The van der Waals surface area contributed by atoms with Gasteiger partial charge < -0.3 is 10.1 Å². The standard InChI is InChI=1S/C14H16ClNO/c1-3-13-7-14(13,9-16-8-13)10-4-5-12(17-2)11(15)6-10/h3-6,16H,1,7-9H2,2H3. The van der Waals surface area contributed by atoms with E-state index in [2.05, 4.69) is 24.0 Å². The minimum absolute atomic E-state index is 0.213. The highest BCUT2D eigenvalue weighted by atomic mass is 35.5. The first-order valence-electron chi connectivity index (χ1n) is 5.86. The fraction of sp³-hybridized carbons (Fsp3) is 0.429. The molecule has 1 aromatic rings. The highest BCUT2D eigenvalue weighted by Gasteiger charge is 2.68. The van der Waals surface area contributed by atoms with Crippen LogP contribution in [0.25, 0.3) is 0 Å². The Morgan fingerprint density at radius 2 is 2.29 bits per heavy atom. The largest absolute Gasteiger partial charge is 0.495 e. The third-order valence-corrected chi connectivity index (χ3v) is 4.70. The maximum Gasteiger partial charge on any atom is 0.137 e. The SMILES string of the molecule is C=CC12CNCC1(c1ccc(OC)c(Cl)c1)C2. The lowest BCUT2D eigenvalue weighted by atomic mass is 9.89. The monoisotopic (exact) mass is 249 g/mol. The van der Waals surface area contributed by atoms with Gasteiger partial charge in [-0.05, 0) is 24.1 Å². The summed E-state index contributed by atoms with van der Waals surface area (Å²) in [5.41, 5.74) is 1.75. The van der Waals surface area contributed by atoms with Crippen molar-refractivity contribution in [2.75, 3.05) is 20.2 Å². The Bertz CT molecular complexity index is 487. The van der Waals surface area contributed by atoms with Crippen LogP contribution in [0.2, 0.25) is 5.02 Å². The molecular weight excluding hydrogens is 234 g/mol. The number of hydrogen-bond acceptors (Lipinski definition) is 2. The zero-order valence-corrected chi connectivity index (χ0v) is 10.7. The molecule has 90 valence electrons. The number of ether oxygens (including phenoxy) is 1. The highest BCUT2D eigenvalue weighted by molar-refractivity contribution is 6.32. The van der Waals surface area contributed by atoms with E-state index in [4.69, 9.17) is 16.3 Å². The van der Waals surface area contributed by atoms with E-state index in [0.29, 0.717) is 5.02 Å². The molecular formula is C14H16ClNO. The molecule has 3 heteroatoms. The topological polar surface area (TPSA) is 21.3 Å². The zero-order valence-electron chi connectivity index (χ0n) is 9.92. The number of hydrogen-bond donors (Lipinski definition) is 1. The maximum absolute atomic E-state index is 6.21. The van der Waals surface area contributed by atoms with Gasteiger partial charge in [0.2, 0.25) is 0 Å². The lowest BCUT2D eigenvalue weighted by Crippen LogP contribution is -2.19. The summed E-state index contributed by atoms with van der Waals surface area (Å²) < 4.78 is 5.19. The number of fused-ring (bicyclic) bond motifs is 1. The number of rotatable bonds is 3. The molecule has 2 unspecified atom stereocenters. The van der Waals surface area contributed by atoms with Crippen LogP contribution in [0.1, 0.15) is 12.0 Å². The van der Waals surface area contributed by atoms with Gasteiger partial charge in [0.05, 0.1) is 12.1 Å². The van der Waals surface area contributed by atoms with E-state index in [-0.39, 0.29) is 10.8 Å². The number of piperidine rings is 1. The molecule has 1 saturated heterocycles. The Hall–Kier alpha value is -0.990. The summed E-state index contributed by atoms with van der Waals surface area (Å²) in [5.74, 6) is 0.739. The molecule has 1 aliphatic heterocycles. The van der Waals surface area contributed by atoms with Crippen molar-refractivity contribution in [2.45, 2.75) is 11.8 Å². The molecule has 3 rings (SSSR count). The fourth-order valence-corrected chi connectivity index (χ4v) is 3.52. The van der Waals surface area contributed by atoms with Crippen LogP contribution >= 0.6 is 11.6 Å². The van der Waals surface area contributed by atoms with E-state index in [1.807, 2.05) is 12.1 Å². The summed E-state index contributed by atoms with van der Waals surface area (Å²) >= 11 is 6.21. The van der Waals surface area contributed by atoms with E-state index in [1.165, 1.54) is 12.0 Å². The Kier molecular flexibility index (Phi) is 2.29. The molecule has 0 aromatic heterocycles. The fourth-order valence-electron chi connectivity index (χ4n) is 3.26. The Balaban J connectivity index is 2.01. The molecule has 1 aliphatic carbocycles. The number of nitrogens with one attached hydrogen (secondary N) is 1. The third kappa shape index (κ3) is 1.31.